The molecular weight excluding hydrogens is 320 g/mol. The molecule has 0 radical (unpaired) electrons. The number of methoxy groups -OCH3 is 3. The fourth-order valence-corrected chi connectivity index (χ4v) is 2.55. The van der Waals surface area contributed by atoms with Gasteiger partial charge >= 0.3 is 0 Å². The van der Waals surface area contributed by atoms with Gasteiger partial charge in [0.15, 0.2) is 11.5 Å². The normalized spacial score (nSPS) is 10.4. The van der Waals surface area contributed by atoms with Crippen molar-refractivity contribution in [3.05, 3.63) is 54.2 Å². The number of carbonyl (C=O) groups excluding carboxylic acids is 1. The van der Waals surface area contributed by atoms with E-state index in [9.17, 15) is 4.79 Å². The first-order valence-corrected chi connectivity index (χ1v) is 7.62. The quantitative estimate of drug-likeness (QED) is 0.771. The van der Waals surface area contributed by atoms with Crippen molar-refractivity contribution in [1.29, 1.82) is 0 Å². The van der Waals surface area contributed by atoms with Gasteiger partial charge in [-0.2, -0.15) is 0 Å². The van der Waals surface area contributed by atoms with Gasteiger partial charge in [-0.05, 0) is 30.3 Å². The molecule has 6 heteroatoms. The third kappa shape index (κ3) is 3.33. The maximum absolute atomic E-state index is 12.6. The zero-order valence-corrected chi connectivity index (χ0v) is 14.2. The lowest BCUT2D eigenvalue weighted by Crippen LogP contribution is -2.13. The Kier molecular flexibility index (Phi) is 4.70. The van der Waals surface area contributed by atoms with Gasteiger partial charge in [0.2, 0.25) is 0 Å². The summed E-state index contributed by atoms with van der Waals surface area (Å²) in [5, 5.41) is 3.77. The number of carbonyl (C=O) groups is 1. The molecule has 1 N–H and O–H groups in total. The van der Waals surface area contributed by atoms with Gasteiger partial charge in [-0.1, -0.05) is 6.07 Å². The summed E-state index contributed by atoms with van der Waals surface area (Å²) >= 11 is 0. The zero-order chi connectivity index (χ0) is 17.8. The van der Waals surface area contributed by atoms with Gasteiger partial charge in [0.05, 0.1) is 32.5 Å². The average molecular weight is 338 g/mol. The molecule has 25 heavy (non-hydrogen) atoms. The molecule has 0 saturated heterocycles. The highest BCUT2D eigenvalue weighted by molar-refractivity contribution is 6.08. The van der Waals surface area contributed by atoms with Gasteiger partial charge in [-0.3, -0.25) is 9.78 Å². The van der Waals surface area contributed by atoms with Gasteiger partial charge < -0.3 is 19.5 Å². The minimum atomic E-state index is -0.277. The van der Waals surface area contributed by atoms with Crippen molar-refractivity contribution in [3.8, 4) is 17.2 Å². The van der Waals surface area contributed by atoms with E-state index < -0.39 is 0 Å². The summed E-state index contributed by atoms with van der Waals surface area (Å²) in [7, 11) is 4.65. The molecule has 0 atom stereocenters. The number of nitrogens with zero attached hydrogens (tertiary/aromatic N) is 1. The number of aromatic nitrogens is 1. The Bertz CT molecular complexity index is 924. The van der Waals surface area contributed by atoms with Crippen molar-refractivity contribution in [2.45, 2.75) is 0 Å². The number of ether oxygens (including phenoxy) is 3. The molecule has 2 aromatic carbocycles. The summed E-state index contributed by atoms with van der Waals surface area (Å²) in [5.41, 5.74) is 1.72. The average Bonchev–Trinajstić information content (AvgIpc) is 2.67. The molecule has 1 aromatic heterocycles. The maximum Gasteiger partial charge on any atom is 0.255 e. The molecule has 0 aliphatic carbocycles. The molecule has 0 saturated carbocycles. The third-order valence-corrected chi connectivity index (χ3v) is 3.81. The predicted octanol–water partition coefficient (Wildman–Crippen LogP) is 3.51. The fourth-order valence-electron chi connectivity index (χ4n) is 2.55. The molecular formula is C19H18N2O4. The Morgan fingerprint density at radius 1 is 0.960 bits per heavy atom. The minimum Gasteiger partial charge on any atom is -0.497 e. The second-order valence-electron chi connectivity index (χ2n) is 5.27. The van der Waals surface area contributed by atoms with Gasteiger partial charge in [-0.15, -0.1) is 0 Å². The Balaban J connectivity index is 1.97. The lowest BCUT2D eigenvalue weighted by Gasteiger charge is -2.12. The molecule has 0 bridgehead atoms. The number of hydrogen-bond acceptors (Lipinski definition) is 5. The summed E-state index contributed by atoms with van der Waals surface area (Å²) in [6, 6.07) is 12.4. The molecule has 0 aliphatic heterocycles. The molecule has 0 aliphatic rings. The van der Waals surface area contributed by atoms with E-state index in [4.69, 9.17) is 14.2 Å². The molecule has 0 unspecified atom stereocenters. The van der Waals surface area contributed by atoms with Gasteiger partial charge in [0.25, 0.3) is 5.91 Å². The van der Waals surface area contributed by atoms with Crippen LogP contribution in [0.25, 0.3) is 10.9 Å². The lowest BCUT2D eigenvalue weighted by molar-refractivity contribution is 0.102. The van der Waals surface area contributed by atoms with E-state index in [1.54, 1.807) is 44.7 Å². The molecule has 6 nitrogen and oxygen atoms in total. The third-order valence-electron chi connectivity index (χ3n) is 3.81. The summed E-state index contributed by atoms with van der Waals surface area (Å²) in [6.07, 6.45) is 1.68. The Morgan fingerprint density at radius 3 is 2.48 bits per heavy atom. The van der Waals surface area contributed by atoms with E-state index in [1.165, 1.54) is 7.11 Å². The number of amides is 1. The van der Waals surface area contributed by atoms with Crippen LogP contribution in [0.2, 0.25) is 0 Å². The topological polar surface area (TPSA) is 69.7 Å². The van der Waals surface area contributed by atoms with Crippen molar-refractivity contribution in [2.75, 3.05) is 26.6 Å². The smallest absolute Gasteiger partial charge is 0.255 e. The van der Waals surface area contributed by atoms with Crippen molar-refractivity contribution >= 4 is 22.5 Å². The van der Waals surface area contributed by atoms with E-state index in [2.05, 4.69) is 10.3 Å². The largest absolute Gasteiger partial charge is 0.497 e. The van der Waals surface area contributed by atoms with Gasteiger partial charge in [0, 0.05) is 23.2 Å². The molecule has 3 rings (SSSR count). The van der Waals surface area contributed by atoms with E-state index in [1.807, 2.05) is 18.2 Å². The number of anilines is 1. The van der Waals surface area contributed by atoms with Crippen LogP contribution < -0.4 is 19.5 Å². The Labute approximate surface area is 145 Å². The number of nitrogens with one attached hydrogen (secondary N) is 1. The van der Waals surface area contributed by atoms with Crippen LogP contribution in [-0.2, 0) is 0 Å². The molecule has 3 aromatic rings. The molecule has 0 spiro atoms. The Hall–Kier alpha value is -3.28. The molecule has 0 fully saturated rings. The zero-order valence-electron chi connectivity index (χ0n) is 14.2. The van der Waals surface area contributed by atoms with Crippen molar-refractivity contribution in [3.63, 3.8) is 0 Å². The SMILES string of the molecule is COc1cc(NC(=O)c2ccc(OC)c(OC)c2)c2ncccc2c1. The summed E-state index contributed by atoms with van der Waals surface area (Å²) < 4.78 is 15.7. The fraction of sp³-hybridized carbons (Fsp3) is 0.158. The van der Waals surface area contributed by atoms with E-state index in [0.717, 1.165) is 5.39 Å². The van der Waals surface area contributed by atoms with Crippen molar-refractivity contribution in [2.24, 2.45) is 0 Å². The number of fused-ring (bicyclic) bond motifs is 1. The van der Waals surface area contributed by atoms with Crippen molar-refractivity contribution < 1.29 is 19.0 Å². The van der Waals surface area contributed by atoms with Crippen LogP contribution in [0.3, 0.4) is 0 Å². The first-order valence-electron chi connectivity index (χ1n) is 7.62. The van der Waals surface area contributed by atoms with Crippen LogP contribution in [0.4, 0.5) is 5.69 Å². The summed E-state index contributed by atoms with van der Waals surface area (Å²) in [6.45, 7) is 0. The lowest BCUT2D eigenvalue weighted by atomic mass is 10.1. The summed E-state index contributed by atoms with van der Waals surface area (Å²) in [4.78, 5) is 17.0. The van der Waals surface area contributed by atoms with Gasteiger partial charge in [0.1, 0.15) is 5.75 Å². The van der Waals surface area contributed by atoms with Crippen LogP contribution in [0.1, 0.15) is 10.4 Å². The first kappa shape index (κ1) is 16.6. The highest BCUT2D eigenvalue weighted by Crippen LogP contribution is 2.30. The maximum atomic E-state index is 12.6. The van der Waals surface area contributed by atoms with E-state index in [-0.39, 0.29) is 5.91 Å². The van der Waals surface area contributed by atoms with Crippen LogP contribution in [-0.4, -0.2) is 32.2 Å². The molecule has 128 valence electrons. The monoisotopic (exact) mass is 338 g/mol. The minimum absolute atomic E-state index is 0.277. The van der Waals surface area contributed by atoms with Crippen LogP contribution in [0, 0.1) is 0 Å². The van der Waals surface area contributed by atoms with E-state index in [0.29, 0.717) is 34.0 Å². The highest BCUT2D eigenvalue weighted by Gasteiger charge is 2.13. The number of pyridine rings is 1. The highest BCUT2D eigenvalue weighted by atomic mass is 16.5. The second kappa shape index (κ2) is 7.09. The second-order valence-corrected chi connectivity index (χ2v) is 5.27. The van der Waals surface area contributed by atoms with Crippen LogP contribution in [0.15, 0.2) is 48.7 Å². The number of benzene rings is 2. The summed E-state index contributed by atoms with van der Waals surface area (Å²) in [5.74, 6) is 1.42. The number of rotatable bonds is 5. The molecule has 1 heterocycles. The molecule has 1 amide bonds. The standard InChI is InChI=1S/C19H18N2O4/c1-23-14-9-12-5-4-8-20-18(12)15(11-14)21-19(22)13-6-7-16(24-2)17(10-13)25-3/h4-11H,1-3H3,(H,21,22). The van der Waals surface area contributed by atoms with Gasteiger partial charge in [-0.25, -0.2) is 0 Å². The number of hydrogen-bond donors (Lipinski definition) is 1. The van der Waals surface area contributed by atoms with Crippen LogP contribution in [0.5, 0.6) is 17.2 Å². The van der Waals surface area contributed by atoms with Crippen molar-refractivity contribution in [1.82, 2.24) is 4.98 Å². The predicted molar refractivity (Wildman–Crippen MR) is 95.8 cm³/mol. The Morgan fingerprint density at radius 2 is 1.76 bits per heavy atom. The first-order chi connectivity index (χ1) is 12.2. The van der Waals surface area contributed by atoms with E-state index >= 15 is 0 Å². The van der Waals surface area contributed by atoms with Crippen LogP contribution >= 0.6 is 0 Å².